The van der Waals surface area contributed by atoms with Crippen molar-refractivity contribution in [3.05, 3.63) is 35.0 Å². The number of methoxy groups -OCH3 is 1. The minimum Gasteiger partial charge on any atom is -0.481 e. The van der Waals surface area contributed by atoms with Gasteiger partial charge in [0.15, 0.2) is 0 Å². The van der Waals surface area contributed by atoms with E-state index in [1.807, 2.05) is 24.3 Å². The van der Waals surface area contributed by atoms with Gasteiger partial charge in [0, 0.05) is 38.1 Å². The summed E-state index contributed by atoms with van der Waals surface area (Å²) in [4.78, 5) is 26.5. The van der Waals surface area contributed by atoms with Crippen LogP contribution in [0.5, 0.6) is 0 Å². The number of aryl methyl sites for hydroxylation is 1. The van der Waals surface area contributed by atoms with E-state index in [0.717, 1.165) is 10.9 Å². The standard InChI is InChI=1S/C18H21ClN2O4/c1-20-13-7-4-3-6-12(13)14(19)15(20)16(22)21-9-5-8-18(10-21,11-25-2)17(23)24/h3-4,6-7H,5,8-11H2,1-2H3,(H,23,24). The second-order valence-corrected chi connectivity index (χ2v) is 6.97. The van der Waals surface area contributed by atoms with Gasteiger partial charge in [0.1, 0.15) is 11.1 Å². The Morgan fingerprint density at radius 1 is 1.36 bits per heavy atom. The number of aliphatic carboxylic acids is 1. The highest BCUT2D eigenvalue weighted by atomic mass is 35.5. The Bertz CT molecular complexity index is 789. The number of hydrogen-bond acceptors (Lipinski definition) is 3. The highest BCUT2D eigenvalue weighted by Gasteiger charge is 2.44. The van der Waals surface area contributed by atoms with E-state index in [2.05, 4.69) is 0 Å². The average molecular weight is 365 g/mol. The topological polar surface area (TPSA) is 71.8 Å². The summed E-state index contributed by atoms with van der Waals surface area (Å²) in [6.45, 7) is 0.706. The molecule has 0 bridgehead atoms. The Labute approximate surface area is 150 Å². The first-order chi connectivity index (χ1) is 11.9. The fraction of sp³-hybridized carbons (Fsp3) is 0.444. The van der Waals surface area contributed by atoms with Gasteiger partial charge < -0.3 is 19.3 Å². The van der Waals surface area contributed by atoms with Crippen molar-refractivity contribution in [2.24, 2.45) is 12.5 Å². The van der Waals surface area contributed by atoms with Gasteiger partial charge in [0.25, 0.3) is 5.91 Å². The van der Waals surface area contributed by atoms with Crippen molar-refractivity contribution >= 4 is 34.4 Å². The number of hydrogen-bond donors (Lipinski definition) is 1. The molecule has 1 unspecified atom stereocenters. The molecule has 2 aromatic rings. The van der Waals surface area contributed by atoms with Crippen LogP contribution in [0, 0.1) is 5.41 Å². The van der Waals surface area contributed by atoms with Crippen molar-refractivity contribution in [2.45, 2.75) is 12.8 Å². The summed E-state index contributed by atoms with van der Waals surface area (Å²) in [7, 11) is 3.28. The van der Waals surface area contributed by atoms with Crippen molar-refractivity contribution in [1.29, 1.82) is 0 Å². The number of likely N-dealkylation sites (tertiary alicyclic amines) is 1. The first-order valence-electron chi connectivity index (χ1n) is 8.16. The Kier molecular flexibility index (Phi) is 4.75. The lowest BCUT2D eigenvalue weighted by Crippen LogP contribution is -2.52. The number of carboxylic acid groups (broad SMARTS) is 1. The molecule has 0 spiro atoms. The summed E-state index contributed by atoms with van der Waals surface area (Å²) in [6, 6.07) is 7.54. The second-order valence-electron chi connectivity index (χ2n) is 6.59. The fourth-order valence-electron chi connectivity index (χ4n) is 3.67. The molecular formula is C18H21ClN2O4. The molecule has 0 radical (unpaired) electrons. The molecule has 0 saturated carbocycles. The van der Waals surface area contributed by atoms with E-state index in [1.165, 1.54) is 7.11 Å². The maximum atomic E-state index is 13.1. The van der Waals surface area contributed by atoms with Gasteiger partial charge in [-0.05, 0) is 18.9 Å². The molecule has 1 aromatic heterocycles. The Balaban J connectivity index is 1.97. The van der Waals surface area contributed by atoms with Crippen molar-refractivity contribution in [3.63, 3.8) is 0 Å². The van der Waals surface area contributed by atoms with E-state index >= 15 is 0 Å². The minimum absolute atomic E-state index is 0.0783. The zero-order valence-corrected chi connectivity index (χ0v) is 15.0. The molecule has 1 atom stereocenters. The monoisotopic (exact) mass is 364 g/mol. The molecule has 134 valence electrons. The number of carbonyl (C=O) groups is 2. The number of ether oxygens (including phenoxy) is 1. The van der Waals surface area contributed by atoms with E-state index < -0.39 is 11.4 Å². The summed E-state index contributed by atoms with van der Waals surface area (Å²) in [5.74, 6) is -1.18. The second kappa shape index (κ2) is 6.69. The van der Waals surface area contributed by atoms with Gasteiger partial charge in [-0.2, -0.15) is 0 Å². The lowest BCUT2D eigenvalue weighted by Gasteiger charge is -2.39. The molecule has 1 N–H and O–H groups in total. The highest BCUT2D eigenvalue weighted by Crippen LogP contribution is 2.34. The first kappa shape index (κ1) is 17.8. The average Bonchev–Trinajstić information content (AvgIpc) is 2.86. The van der Waals surface area contributed by atoms with Gasteiger partial charge in [-0.15, -0.1) is 0 Å². The number of benzene rings is 1. The number of carboxylic acids is 1. The van der Waals surface area contributed by atoms with Crippen LogP contribution in [0.3, 0.4) is 0 Å². The number of halogens is 1. The Morgan fingerprint density at radius 3 is 2.72 bits per heavy atom. The normalized spacial score (nSPS) is 20.8. The molecule has 6 nitrogen and oxygen atoms in total. The first-order valence-corrected chi connectivity index (χ1v) is 8.53. The quantitative estimate of drug-likeness (QED) is 0.905. The molecule has 3 rings (SSSR count). The highest BCUT2D eigenvalue weighted by molar-refractivity contribution is 6.38. The van der Waals surface area contributed by atoms with Crippen LogP contribution in [-0.2, 0) is 16.6 Å². The van der Waals surface area contributed by atoms with Crippen molar-refractivity contribution in [2.75, 3.05) is 26.8 Å². The number of amides is 1. The lowest BCUT2D eigenvalue weighted by atomic mass is 9.80. The SMILES string of the molecule is COCC1(C(=O)O)CCCN(C(=O)c2c(Cl)c3ccccc3n2C)C1. The summed E-state index contributed by atoms with van der Waals surface area (Å²) in [5, 5.41) is 10.9. The maximum Gasteiger partial charge on any atom is 0.313 e. The van der Waals surface area contributed by atoms with Crippen molar-refractivity contribution in [3.8, 4) is 0 Å². The number of fused-ring (bicyclic) bond motifs is 1. The number of nitrogens with zero attached hydrogens (tertiary/aromatic N) is 2. The number of piperidine rings is 1. The molecule has 1 fully saturated rings. The molecule has 1 aliphatic heterocycles. The van der Waals surface area contributed by atoms with Gasteiger partial charge in [-0.1, -0.05) is 29.8 Å². The fourth-order valence-corrected chi connectivity index (χ4v) is 4.04. The van der Waals surface area contributed by atoms with Crippen LogP contribution in [0.4, 0.5) is 0 Å². The summed E-state index contributed by atoms with van der Waals surface area (Å²) >= 11 is 6.46. The van der Waals surface area contributed by atoms with Crippen LogP contribution in [0.15, 0.2) is 24.3 Å². The van der Waals surface area contributed by atoms with Gasteiger partial charge >= 0.3 is 5.97 Å². The zero-order valence-electron chi connectivity index (χ0n) is 14.3. The molecule has 1 amide bonds. The van der Waals surface area contributed by atoms with Gasteiger partial charge in [-0.3, -0.25) is 9.59 Å². The smallest absolute Gasteiger partial charge is 0.313 e. The number of rotatable bonds is 4. The number of aromatic nitrogens is 1. The molecule has 1 aromatic carbocycles. The van der Waals surface area contributed by atoms with Crippen LogP contribution in [0.1, 0.15) is 23.3 Å². The summed E-state index contributed by atoms with van der Waals surface area (Å²) in [5.41, 5.74) is 0.190. The lowest BCUT2D eigenvalue weighted by molar-refractivity contribution is -0.155. The van der Waals surface area contributed by atoms with Crippen LogP contribution >= 0.6 is 11.6 Å². The number of para-hydroxylation sites is 1. The third kappa shape index (κ3) is 2.89. The Hall–Kier alpha value is -2.05. The summed E-state index contributed by atoms with van der Waals surface area (Å²) in [6.07, 6.45) is 1.10. The molecule has 1 aliphatic rings. The third-order valence-electron chi connectivity index (χ3n) is 4.99. The maximum absolute atomic E-state index is 13.1. The largest absolute Gasteiger partial charge is 0.481 e. The third-order valence-corrected chi connectivity index (χ3v) is 5.37. The zero-order chi connectivity index (χ0) is 18.2. The van der Waals surface area contributed by atoms with E-state index in [9.17, 15) is 14.7 Å². The van der Waals surface area contributed by atoms with Crippen LogP contribution in [0.25, 0.3) is 10.9 Å². The van der Waals surface area contributed by atoms with Crippen molar-refractivity contribution < 1.29 is 19.4 Å². The van der Waals surface area contributed by atoms with Gasteiger partial charge in [-0.25, -0.2) is 0 Å². The summed E-state index contributed by atoms with van der Waals surface area (Å²) < 4.78 is 6.90. The molecule has 25 heavy (non-hydrogen) atoms. The van der Waals surface area contributed by atoms with E-state index in [0.29, 0.717) is 30.1 Å². The van der Waals surface area contributed by atoms with Crippen LogP contribution < -0.4 is 0 Å². The molecular weight excluding hydrogens is 344 g/mol. The Morgan fingerprint density at radius 2 is 2.08 bits per heavy atom. The molecule has 7 heteroatoms. The van der Waals surface area contributed by atoms with Crippen LogP contribution in [-0.4, -0.2) is 53.3 Å². The predicted octanol–water partition coefficient (Wildman–Crippen LogP) is 2.79. The van der Waals surface area contributed by atoms with Gasteiger partial charge in [0.05, 0.1) is 11.6 Å². The van der Waals surface area contributed by atoms with Gasteiger partial charge in [0.2, 0.25) is 0 Å². The predicted molar refractivity (Wildman–Crippen MR) is 95.0 cm³/mol. The molecule has 2 heterocycles. The minimum atomic E-state index is -1.07. The molecule has 1 saturated heterocycles. The van der Waals surface area contributed by atoms with Crippen molar-refractivity contribution in [1.82, 2.24) is 9.47 Å². The van der Waals surface area contributed by atoms with E-state index in [1.54, 1.807) is 16.5 Å². The number of carbonyl (C=O) groups excluding carboxylic acids is 1. The van der Waals surface area contributed by atoms with E-state index in [4.69, 9.17) is 16.3 Å². The van der Waals surface area contributed by atoms with Crippen LogP contribution in [0.2, 0.25) is 5.02 Å². The van der Waals surface area contributed by atoms with E-state index in [-0.39, 0.29) is 19.1 Å². The molecule has 0 aliphatic carbocycles.